The van der Waals surface area contributed by atoms with Crippen LogP contribution in [0.4, 0.5) is 17.6 Å². The Morgan fingerprint density at radius 2 is 1.96 bits per heavy atom. The Hall–Kier alpha value is -1.83. The number of carbonyl (C=O) groups excluding carboxylic acids is 1. The number of alkyl halides is 3. The number of halogens is 4. The summed E-state index contributed by atoms with van der Waals surface area (Å²) in [6.07, 6.45) is -7.02. The number of aliphatic hydroxyl groups is 1. The molecule has 1 heterocycles. The average molecular weight is 335 g/mol. The van der Waals surface area contributed by atoms with Gasteiger partial charge in [-0.25, -0.2) is 4.39 Å². The Labute approximate surface area is 130 Å². The normalized spacial score (nSPS) is 17.9. The summed E-state index contributed by atoms with van der Waals surface area (Å²) in [6.45, 7) is 0.0875. The number of likely N-dealkylation sites (tertiary alicyclic amines) is 1. The number of benzene rings is 1. The molecule has 0 aliphatic carbocycles. The van der Waals surface area contributed by atoms with Gasteiger partial charge in [-0.3, -0.25) is 4.79 Å². The number of aliphatic hydroxyl groups excluding tert-OH is 1. The minimum absolute atomic E-state index is 0.0180. The molecule has 1 aliphatic rings. The third kappa shape index (κ3) is 3.93. The first kappa shape index (κ1) is 17.5. The molecule has 4 nitrogen and oxygen atoms in total. The lowest BCUT2D eigenvalue weighted by molar-refractivity contribution is -0.222. The first-order valence-corrected chi connectivity index (χ1v) is 7.11. The van der Waals surface area contributed by atoms with Crippen LogP contribution in [0.3, 0.4) is 0 Å². The zero-order valence-electron chi connectivity index (χ0n) is 12.4. The van der Waals surface area contributed by atoms with E-state index in [-0.39, 0.29) is 37.2 Å². The average Bonchev–Trinajstić information content (AvgIpc) is 2.52. The number of rotatable bonds is 3. The van der Waals surface area contributed by atoms with Crippen LogP contribution in [-0.2, 0) is 0 Å². The Kier molecular flexibility index (Phi) is 5.13. The number of carbonyl (C=O) groups is 1. The van der Waals surface area contributed by atoms with Gasteiger partial charge in [-0.05, 0) is 30.9 Å². The number of ether oxygens (including phenoxy) is 1. The van der Waals surface area contributed by atoms with E-state index in [2.05, 4.69) is 0 Å². The molecule has 0 aromatic heterocycles. The standard InChI is InChI=1S/C15H17F4NO3/c1-23-10-2-3-11(12(16)8-10)14(22)20-6-4-9(5-7-20)13(21)15(17,18)19/h2-3,8-9,13,21H,4-7H2,1H3. The topological polar surface area (TPSA) is 49.8 Å². The van der Waals surface area contributed by atoms with Crippen molar-refractivity contribution in [3.63, 3.8) is 0 Å². The second kappa shape index (κ2) is 6.74. The zero-order valence-corrected chi connectivity index (χ0v) is 12.4. The molecule has 1 saturated heterocycles. The summed E-state index contributed by atoms with van der Waals surface area (Å²) >= 11 is 0. The molecule has 1 N–H and O–H groups in total. The Bertz CT molecular complexity index is 568. The zero-order chi connectivity index (χ0) is 17.2. The van der Waals surface area contributed by atoms with Gasteiger partial charge in [-0.15, -0.1) is 0 Å². The van der Waals surface area contributed by atoms with Crippen molar-refractivity contribution < 1.29 is 32.2 Å². The van der Waals surface area contributed by atoms with E-state index < -0.39 is 29.9 Å². The lowest BCUT2D eigenvalue weighted by Gasteiger charge is -2.34. The monoisotopic (exact) mass is 335 g/mol. The molecule has 23 heavy (non-hydrogen) atoms. The number of piperidine rings is 1. The largest absolute Gasteiger partial charge is 0.497 e. The van der Waals surface area contributed by atoms with E-state index >= 15 is 0 Å². The van der Waals surface area contributed by atoms with Crippen molar-refractivity contribution in [3.8, 4) is 5.75 Å². The molecule has 0 spiro atoms. The molecule has 8 heteroatoms. The van der Waals surface area contributed by atoms with Gasteiger partial charge in [0, 0.05) is 19.2 Å². The van der Waals surface area contributed by atoms with Gasteiger partial charge in [0.05, 0.1) is 12.7 Å². The molecule has 0 radical (unpaired) electrons. The number of hydrogen-bond donors (Lipinski definition) is 1. The van der Waals surface area contributed by atoms with Crippen LogP contribution in [0.2, 0.25) is 0 Å². The highest BCUT2D eigenvalue weighted by Crippen LogP contribution is 2.32. The molecule has 1 unspecified atom stereocenters. The molecule has 1 amide bonds. The molecule has 1 fully saturated rings. The summed E-state index contributed by atoms with van der Waals surface area (Å²) < 4.78 is 56.2. The number of methoxy groups -OCH3 is 1. The van der Waals surface area contributed by atoms with E-state index in [4.69, 9.17) is 4.74 Å². The summed E-state index contributed by atoms with van der Waals surface area (Å²) in [5, 5.41) is 9.25. The summed E-state index contributed by atoms with van der Waals surface area (Å²) in [5.74, 6) is -2.00. The van der Waals surface area contributed by atoms with Crippen LogP contribution >= 0.6 is 0 Å². The van der Waals surface area contributed by atoms with Gasteiger partial charge in [0.1, 0.15) is 11.6 Å². The fourth-order valence-corrected chi connectivity index (χ4v) is 2.65. The second-order valence-electron chi connectivity index (χ2n) is 5.46. The van der Waals surface area contributed by atoms with Gasteiger partial charge in [0.25, 0.3) is 5.91 Å². The SMILES string of the molecule is COc1ccc(C(=O)N2CCC(C(O)C(F)(F)F)CC2)c(F)c1. The molecule has 0 bridgehead atoms. The van der Waals surface area contributed by atoms with E-state index in [0.29, 0.717) is 0 Å². The third-order valence-electron chi connectivity index (χ3n) is 4.02. The van der Waals surface area contributed by atoms with Crippen molar-refractivity contribution in [2.75, 3.05) is 20.2 Å². The summed E-state index contributed by atoms with van der Waals surface area (Å²) in [5.41, 5.74) is -0.152. The minimum atomic E-state index is -4.67. The van der Waals surface area contributed by atoms with Crippen molar-refractivity contribution >= 4 is 5.91 Å². The maximum atomic E-state index is 13.9. The smallest absolute Gasteiger partial charge is 0.414 e. The molecule has 1 aromatic rings. The molecule has 128 valence electrons. The minimum Gasteiger partial charge on any atom is -0.497 e. The highest BCUT2D eigenvalue weighted by Gasteiger charge is 2.44. The number of amides is 1. The predicted octanol–water partition coefficient (Wildman–Crippen LogP) is 2.61. The van der Waals surface area contributed by atoms with E-state index in [1.54, 1.807) is 0 Å². The van der Waals surface area contributed by atoms with Crippen LogP contribution in [0.15, 0.2) is 18.2 Å². The van der Waals surface area contributed by atoms with Crippen LogP contribution in [0.5, 0.6) is 5.75 Å². The van der Waals surface area contributed by atoms with Gasteiger partial charge in [-0.2, -0.15) is 13.2 Å². The second-order valence-corrected chi connectivity index (χ2v) is 5.46. The summed E-state index contributed by atoms with van der Waals surface area (Å²) in [6, 6.07) is 3.80. The third-order valence-corrected chi connectivity index (χ3v) is 4.02. The quantitative estimate of drug-likeness (QED) is 0.864. The molecule has 1 atom stereocenters. The van der Waals surface area contributed by atoms with Crippen molar-refractivity contribution in [2.45, 2.75) is 25.1 Å². The van der Waals surface area contributed by atoms with Gasteiger partial charge in [-0.1, -0.05) is 0 Å². The van der Waals surface area contributed by atoms with Gasteiger partial charge < -0.3 is 14.7 Å². The van der Waals surface area contributed by atoms with Gasteiger partial charge in [0.15, 0.2) is 6.10 Å². The Morgan fingerprint density at radius 3 is 2.43 bits per heavy atom. The van der Waals surface area contributed by atoms with Crippen molar-refractivity contribution in [3.05, 3.63) is 29.6 Å². The van der Waals surface area contributed by atoms with Crippen LogP contribution in [-0.4, -0.2) is 48.4 Å². The number of hydrogen-bond acceptors (Lipinski definition) is 3. The maximum Gasteiger partial charge on any atom is 0.414 e. The van der Waals surface area contributed by atoms with Crippen LogP contribution in [0, 0.1) is 11.7 Å². The van der Waals surface area contributed by atoms with E-state index in [0.717, 1.165) is 6.07 Å². The van der Waals surface area contributed by atoms with Crippen LogP contribution in [0.1, 0.15) is 23.2 Å². The summed E-state index contributed by atoms with van der Waals surface area (Å²) in [4.78, 5) is 13.6. The Morgan fingerprint density at radius 1 is 1.35 bits per heavy atom. The van der Waals surface area contributed by atoms with Crippen molar-refractivity contribution in [1.29, 1.82) is 0 Å². The van der Waals surface area contributed by atoms with Gasteiger partial charge in [0.2, 0.25) is 0 Å². The lowest BCUT2D eigenvalue weighted by Crippen LogP contribution is -2.45. The van der Waals surface area contributed by atoms with Crippen LogP contribution in [0.25, 0.3) is 0 Å². The lowest BCUT2D eigenvalue weighted by atomic mass is 9.90. The van der Waals surface area contributed by atoms with Gasteiger partial charge >= 0.3 is 6.18 Å². The van der Waals surface area contributed by atoms with E-state index in [1.165, 1.54) is 24.1 Å². The Balaban J connectivity index is 2.01. The molecule has 2 rings (SSSR count). The fraction of sp³-hybridized carbons (Fsp3) is 0.533. The number of nitrogens with zero attached hydrogens (tertiary/aromatic N) is 1. The van der Waals surface area contributed by atoms with Crippen LogP contribution < -0.4 is 4.74 Å². The highest BCUT2D eigenvalue weighted by atomic mass is 19.4. The molecule has 1 aliphatic heterocycles. The predicted molar refractivity (Wildman–Crippen MR) is 73.6 cm³/mol. The van der Waals surface area contributed by atoms with Crippen molar-refractivity contribution in [1.82, 2.24) is 4.90 Å². The molecular formula is C15H17F4NO3. The fourth-order valence-electron chi connectivity index (χ4n) is 2.65. The van der Waals surface area contributed by atoms with E-state index in [1.807, 2.05) is 0 Å². The molecule has 1 aromatic carbocycles. The first-order valence-electron chi connectivity index (χ1n) is 7.11. The highest BCUT2D eigenvalue weighted by molar-refractivity contribution is 5.94. The maximum absolute atomic E-state index is 13.9. The van der Waals surface area contributed by atoms with Crippen molar-refractivity contribution in [2.24, 2.45) is 5.92 Å². The first-order chi connectivity index (χ1) is 10.7. The summed E-state index contributed by atoms with van der Waals surface area (Å²) in [7, 11) is 1.37. The van der Waals surface area contributed by atoms with E-state index in [9.17, 15) is 27.5 Å². The molecular weight excluding hydrogens is 318 g/mol. The molecule has 0 saturated carbocycles.